The first-order valence-electron chi connectivity index (χ1n) is 9.55. The molecule has 156 valence electrons. The minimum atomic E-state index is -0.625. The molecule has 5 N–H and O–H groups in total. The average molecular weight is 423 g/mol. The molecule has 0 radical (unpaired) electrons. The highest BCUT2D eigenvalue weighted by atomic mass is 16.1. The lowest BCUT2D eigenvalue weighted by atomic mass is 10.1. The van der Waals surface area contributed by atoms with Gasteiger partial charge in [-0.1, -0.05) is 24.3 Å². The fourth-order valence-electron chi connectivity index (χ4n) is 3.41. The van der Waals surface area contributed by atoms with Crippen LogP contribution in [0.3, 0.4) is 0 Å². The van der Waals surface area contributed by atoms with Crippen LogP contribution >= 0.6 is 0 Å². The van der Waals surface area contributed by atoms with E-state index in [-0.39, 0.29) is 39.8 Å². The SMILES string of the molecule is C[C@H](Nc1nc(N)nc(N)c1C#N)c1nc2c(C#N)cccc2c(=O)n1-c1ccccc1. The Morgan fingerprint density at radius 3 is 2.44 bits per heavy atom. The van der Waals surface area contributed by atoms with Gasteiger partial charge in [-0.15, -0.1) is 0 Å². The van der Waals surface area contributed by atoms with Crippen molar-refractivity contribution in [1.82, 2.24) is 19.5 Å². The summed E-state index contributed by atoms with van der Waals surface area (Å²) in [6.45, 7) is 1.75. The average Bonchev–Trinajstić information content (AvgIpc) is 2.79. The van der Waals surface area contributed by atoms with Crippen molar-refractivity contribution in [3.05, 3.63) is 75.8 Å². The molecule has 0 unspecified atom stereocenters. The van der Waals surface area contributed by atoms with Crippen LogP contribution in [0.15, 0.2) is 53.3 Å². The molecule has 0 amide bonds. The summed E-state index contributed by atoms with van der Waals surface area (Å²) in [6.07, 6.45) is 0. The predicted molar refractivity (Wildman–Crippen MR) is 120 cm³/mol. The molecule has 10 heteroatoms. The molecule has 32 heavy (non-hydrogen) atoms. The molecule has 0 fully saturated rings. The Bertz CT molecular complexity index is 1480. The Hall–Kier alpha value is -4.96. The van der Waals surface area contributed by atoms with Gasteiger partial charge in [-0.3, -0.25) is 9.36 Å². The number of nitrogens with zero attached hydrogens (tertiary/aromatic N) is 6. The van der Waals surface area contributed by atoms with E-state index in [0.29, 0.717) is 16.9 Å². The van der Waals surface area contributed by atoms with Crippen molar-refractivity contribution in [1.29, 1.82) is 10.5 Å². The minimum absolute atomic E-state index is 0.0261. The number of hydrogen-bond donors (Lipinski definition) is 3. The summed E-state index contributed by atoms with van der Waals surface area (Å²) >= 11 is 0. The third kappa shape index (κ3) is 3.42. The molecule has 0 saturated carbocycles. The van der Waals surface area contributed by atoms with Crippen LogP contribution in [0.4, 0.5) is 17.6 Å². The second-order valence-corrected chi connectivity index (χ2v) is 6.93. The Morgan fingerprint density at radius 1 is 1.00 bits per heavy atom. The van der Waals surface area contributed by atoms with Gasteiger partial charge in [0.2, 0.25) is 5.95 Å². The summed E-state index contributed by atoms with van der Waals surface area (Å²) in [5, 5.41) is 22.4. The van der Waals surface area contributed by atoms with Crippen molar-refractivity contribution in [2.24, 2.45) is 0 Å². The maximum Gasteiger partial charge on any atom is 0.266 e. The number of nitriles is 2. The molecular formula is C22H17N9O. The molecule has 4 rings (SSSR count). The number of rotatable bonds is 4. The summed E-state index contributed by atoms with van der Waals surface area (Å²) < 4.78 is 1.46. The number of fused-ring (bicyclic) bond motifs is 1. The van der Waals surface area contributed by atoms with Crippen molar-refractivity contribution in [2.45, 2.75) is 13.0 Å². The summed E-state index contributed by atoms with van der Waals surface area (Å²) in [5.74, 6) is 0.270. The van der Waals surface area contributed by atoms with Gasteiger partial charge in [0.25, 0.3) is 5.56 Å². The van der Waals surface area contributed by atoms with Gasteiger partial charge in [0, 0.05) is 0 Å². The zero-order chi connectivity index (χ0) is 22.8. The standard InChI is InChI=1S/C22H17N9O/c1-12(27-19-16(11-24)18(25)29-22(26)30-19)20-28-17-13(10-23)6-5-9-15(17)21(32)31(20)14-7-3-2-4-8-14/h2-9,12H,1H3,(H5,25,26,27,29,30)/t12-/m0/s1. The quantitative estimate of drug-likeness (QED) is 0.445. The minimum Gasteiger partial charge on any atom is -0.382 e. The Kier molecular flexibility index (Phi) is 5.11. The van der Waals surface area contributed by atoms with E-state index >= 15 is 0 Å². The molecule has 0 saturated heterocycles. The molecular weight excluding hydrogens is 406 g/mol. The van der Waals surface area contributed by atoms with Crippen LogP contribution in [-0.2, 0) is 0 Å². The second kappa shape index (κ2) is 8.05. The number of hydrogen-bond acceptors (Lipinski definition) is 9. The topological polar surface area (TPSA) is 172 Å². The molecule has 2 aromatic carbocycles. The highest BCUT2D eigenvalue weighted by Gasteiger charge is 2.21. The van der Waals surface area contributed by atoms with Gasteiger partial charge in [0.15, 0.2) is 5.82 Å². The largest absolute Gasteiger partial charge is 0.382 e. The van der Waals surface area contributed by atoms with Gasteiger partial charge in [0.05, 0.1) is 28.2 Å². The molecule has 1 atom stereocenters. The third-order valence-corrected chi connectivity index (χ3v) is 4.87. The molecule has 0 aliphatic carbocycles. The fourth-order valence-corrected chi connectivity index (χ4v) is 3.41. The van der Waals surface area contributed by atoms with Crippen LogP contribution in [0.2, 0.25) is 0 Å². The van der Waals surface area contributed by atoms with Gasteiger partial charge >= 0.3 is 0 Å². The Balaban J connectivity index is 1.97. The van der Waals surface area contributed by atoms with Crippen LogP contribution in [0.25, 0.3) is 16.6 Å². The molecule has 2 heterocycles. The molecule has 0 spiro atoms. The number of para-hydroxylation sites is 2. The van der Waals surface area contributed by atoms with E-state index in [1.54, 1.807) is 49.4 Å². The van der Waals surface area contributed by atoms with Crippen LogP contribution in [-0.4, -0.2) is 19.5 Å². The fraction of sp³-hybridized carbons (Fsp3) is 0.0909. The number of benzene rings is 2. The van der Waals surface area contributed by atoms with Gasteiger partial charge in [-0.2, -0.15) is 20.5 Å². The molecule has 4 aromatic rings. The van der Waals surface area contributed by atoms with Crippen LogP contribution in [0, 0.1) is 22.7 Å². The van der Waals surface area contributed by atoms with E-state index < -0.39 is 6.04 Å². The van der Waals surface area contributed by atoms with Gasteiger partial charge in [0.1, 0.15) is 29.3 Å². The monoisotopic (exact) mass is 423 g/mol. The number of aromatic nitrogens is 4. The molecule has 0 aliphatic rings. The number of anilines is 3. The predicted octanol–water partition coefficient (Wildman–Crippen LogP) is 2.26. The van der Waals surface area contributed by atoms with Gasteiger partial charge in [-0.05, 0) is 31.2 Å². The van der Waals surface area contributed by atoms with E-state index in [1.165, 1.54) is 4.57 Å². The molecule has 0 aliphatic heterocycles. The summed E-state index contributed by atoms with van der Waals surface area (Å²) in [7, 11) is 0. The van der Waals surface area contributed by atoms with Crippen molar-refractivity contribution >= 4 is 28.5 Å². The maximum absolute atomic E-state index is 13.5. The zero-order valence-corrected chi connectivity index (χ0v) is 16.9. The molecule has 0 bridgehead atoms. The van der Waals surface area contributed by atoms with Crippen LogP contribution in [0.5, 0.6) is 0 Å². The summed E-state index contributed by atoms with van der Waals surface area (Å²) in [4.78, 5) is 26.0. The lowest BCUT2D eigenvalue weighted by molar-refractivity contribution is 0.730. The van der Waals surface area contributed by atoms with E-state index in [9.17, 15) is 15.3 Å². The normalized spacial score (nSPS) is 11.5. The lowest BCUT2D eigenvalue weighted by Gasteiger charge is -2.21. The van der Waals surface area contributed by atoms with Crippen LogP contribution in [0.1, 0.15) is 29.9 Å². The first-order valence-corrected chi connectivity index (χ1v) is 9.55. The van der Waals surface area contributed by atoms with E-state index in [0.717, 1.165) is 0 Å². The first-order chi connectivity index (χ1) is 15.4. The van der Waals surface area contributed by atoms with E-state index in [1.807, 2.05) is 12.1 Å². The van der Waals surface area contributed by atoms with Crippen molar-refractivity contribution in [2.75, 3.05) is 16.8 Å². The second-order valence-electron chi connectivity index (χ2n) is 6.93. The van der Waals surface area contributed by atoms with E-state index in [4.69, 9.17) is 11.5 Å². The zero-order valence-electron chi connectivity index (χ0n) is 16.9. The number of nitrogens with two attached hydrogens (primary N) is 2. The van der Waals surface area contributed by atoms with Crippen LogP contribution < -0.4 is 22.3 Å². The van der Waals surface area contributed by atoms with Crippen molar-refractivity contribution in [3.8, 4) is 17.8 Å². The van der Waals surface area contributed by atoms with Gasteiger partial charge in [-0.25, -0.2) is 4.98 Å². The highest BCUT2D eigenvalue weighted by molar-refractivity contribution is 5.83. The van der Waals surface area contributed by atoms with E-state index in [2.05, 4.69) is 26.3 Å². The smallest absolute Gasteiger partial charge is 0.266 e. The first kappa shape index (κ1) is 20.3. The molecule has 2 aromatic heterocycles. The Labute approximate surface area is 182 Å². The Morgan fingerprint density at radius 2 is 1.75 bits per heavy atom. The summed E-state index contributed by atoms with van der Waals surface area (Å²) in [5.41, 5.74) is 12.4. The number of nitrogens with one attached hydrogen (secondary N) is 1. The van der Waals surface area contributed by atoms with Gasteiger partial charge < -0.3 is 16.8 Å². The van der Waals surface area contributed by atoms with Crippen molar-refractivity contribution < 1.29 is 0 Å². The number of nitrogen functional groups attached to an aromatic ring is 2. The van der Waals surface area contributed by atoms with Crippen molar-refractivity contribution in [3.63, 3.8) is 0 Å². The maximum atomic E-state index is 13.5. The molecule has 10 nitrogen and oxygen atoms in total. The third-order valence-electron chi connectivity index (χ3n) is 4.87. The highest BCUT2D eigenvalue weighted by Crippen LogP contribution is 2.25. The summed E-state index contributed by atoms with van der Waals surface area (Å²) in [6, 6.07) is 17.3. The lowest BCUT2D eigenvalue weighted by Crippen LogP contribution is -2.28.